The first-order valence-corrected chi connectivity index (χ1v) is 6.10. The van der Waals surface area contributed by atoms with Crippen molar-refractivity contribution < 1.29 is 9.90 Å². The number of carboxylic acid groups (broad SMARTS) is 1. The molecule has 0 fully saturated rings. The SMILES string of the molecule is Cc1cc(C)c2nc3c(C(=O)O)cccc3cc2c1. The van der Waals surface area contributed by atoms with Crippen molar-refractivity contribution in [3.63, 3.8) is 0 Å². The fourth-order valence-corrected chi connectivity index (χ4v) is 2.51. The van der Waals surface area contributed by atoms with Gasteiger partial charge in [0.15, 0.2) is 0 Å². The first-order chi connectivity index (χ1) is 9.06. The molecule has 0 bridgehead atoms. The first kappa shape index (κ1) is 11.7. The molecule has 1 N–H and O–H groups in total. The normalized spacial score (nSPS) is 11.1. The molecule has 3 nitrogen and oxygen atoms in total. The summed E-state index contributed by atoms with van der Waals surface area (Å²) in [4.78, 5) is 15.8. The monoisotopic (exact) mass is 251 g/mol. The molecule has 0 spiro atoms. The molecule has 2 aromatic carbocycles. The number of rotatable bonds is 1. The Hall–Kier alpha value is -2.42. The van der Waals surface area contributed by atoms with Crippen molar-refractivity contribution in [2.45, 2.75) is 13.8 Å². The molecule has 1 heterocycles. The second-order valence-corrected chi connectivity index (χ2v) is 4.82. The van der Waals surface area contributed by atoms with E-state index in [1.165, 1.54) is 5.56 Å². The van der Waals surface area contributed by atoms with Crippen LogP contribution in [-0.2, 0) is 0 Å². The number of hydrogen-bond donors (Lipinski definition) is 1. The summed E-state index contributed by atoms with van der Waals surface area (Å²) in [7, 11) is 0. The van der Waals surface area contributed by atoms with Gasteiger partial charge in [0.1, 0.15) is 0 Å². The molecule has 3 rings (SSSR count). The lowest BCUT2D eigenvalue weighted by Gasteiger charge is -2.07. The van der Waals surface area contributed by atoms with Gasteiger partial charge in [-0.05, 0) is 37.6 Å². The van der Waals surface area contributed by atoms with Gasteiger partial charge in [-0.2, -0.15) is 0 Å². The van der Waals surface area contributed by atoms with Crippen LogP contribution in [0.15, 0.2) is 36.4 Å². The van der Waals surface area contributed by atoms with Gasteiger partial charge in [0.25, 0.3) is 0 Å². The van der Waals surface area contributed by atoms with Crippen LogP contribution in [0.1, 0.15) is 21.5 Å². The molecule has 0 radical (unpaired) electrons. The summed E-state index contributed by atoms with van der Waals surface area (Å²) in [6, 6.07) is 11.4. The van der Waals surface area contributed by atoms with Crippen LogP contribution in [-0.4, -0.2) is 16.1 Å². The summed E-state index contributed by atoms with van der Waals surface area (Å²) in [6.45, 7) is 4.04. The second kappa shape index (κ2) is 4.05. The van der Waals surface area contributed by atoms with Crippen LogP contribution >= 0.6 is 0 Å². The topological polar surface area (TPSA) is 50.2 Å². The van der Waals surface area contributed by atoms with Crippen LogP contribution in [0.25, 0.3) is 21.8 Å². The van der Waals surface area contributed by atoms with Gasteiger partial charge in [0.05, 0.1) is 16.6 Å². The minimum Gasteiger partial charge on any atom is -0.478 e. The van der Waals surface area contributed by atoms with E-state index in [0.29, 0.717) is 5.52 Å². The smallest absolute Gasteiger partial charge is 0.337 e. The van der Waals surface area contributed by atoms with Crippen LogP contribution in [0.5, 0.6) is 0 Å². The van der Waals surface area contributed by atoms with Crippen molar-refractivity contribution in [2.75, 3.05) is 0 Å². The summed E-state index contributed by atoms with van der Waals surface area (Å²) in [5.74, 6) is -0.942. The molecule has 0 aliphatic carbocycles. The molecule has 0 saturated heterocycles. The zero-order chi connectivity index (χ0) is 13.6. The molecule has 94 valence electrons. The number of hydrogen-bond acceptors (Lipinski definition) is 2. The molecular weight excluding hydrogens is 238 g/mol. The summed E-state index contributed by atoms with van der Waals surface area (Å²) in [5, 5.41) is 11.1. The summed E-state index contributed by atoms with van der Waals surface area (Å²) < 4.78 is 0. The summed E-state index contributed by atoms with van der Waals surface area (Å²) >= 11 is 0. The van der Waals surface area contributed by atoms with Crippen LogP contribution in [0.2, 0.25) is 0 Å². The second-order valence-electron chi connectivity index (χ2n) is 4.82. The van der Waals surface area contributed by atoms with E-state index in [2.05, 4.69) is 17.1 Å². The van der Waals surface area contributed by atoms with Gasteiger partial charge in [-0.25, -0.2) is 9.78 Å². The lowest BCUT2D eigenvalue weighted by Crippen LogP contribution is -1.99. The predicted octanol–water partition coefficient (Wildman–Crippen LogP) is 3.70. The third-order valence-corrected chi connectivity index (χ3v) is 3.31. The fraction of sp³-hybridized carbons (Fsp3) is 0.125. The van der Waals surface area contributed by atoms with Crippen molar-refractivity contribution in [1.29, 1.82) is 0 Å². The molecule has 1 aromatic heterocycles. The van der Waals surface area contributed by atoms with Crippen molar-refractivity contribution in [3.05, 3.63) is 53.1 Å². The molecule has 0 aliphatic heterocycles. The quantitative estimate of drug-likeness (QED) is 0.671. The maximum absolute atomic E-state index is 11.3. The molecule has 0 amide bonds. The Kier molecular flexibility index (Phi) is 2.49. The molecule has 0 saturated carbocycles. The lowest BCUT2D eigenvalue weighted by atomic mass is 10.0. The van der Waals surface area contributed by atoms with Gasteiger partial charge in [0.2, 0.25) is 0 Å². The minimum atomic E-state index is -0.942. The highest BCUT2D eigenvalue weighted by Gasteiger charge is 2.11. The minimum absolute atomic E-state index is 0.249. The standard InChI is InChI=1S/C16H13NO2/c1-9-6-10(2)14-12(7-9)8-11-4-3-5-13(16(18)19)15(11)17-14/h3-8H,1-2H3,(H,18,19). The van der Waals surface area contributed by atoms with E-state index in [1.54, 1.807) is 12.1 Å². The molecule has 0 aliphatic rings. The zero-order valence-electron chi connectivity index (χ0n) is 10.8. The number of carbonyl (C=O) groups is 1. The van der Waals surface area contributed by atoms with Crippen LogP contribution in [0, 0.1) is 13.8 Å². The van der Waals surface area contributed by atoms with Gasteiger partial charge in [-0.1, -0.05) is 23.8 Å². The van der Waals surface area contributed by atoms with E-state index in [1.807, 2.05) is 26.0 Å². The average Bonchev–Trinajstić information content (AvgIpc) is 2.35. The molecule has 3 heteroatoms. The Morgan fingerprint density at radius 3 is 2.58 bits per heavy atom. The van der Waals surface area contributed by atoms with E-state index < -0.39 is 5.97 Å². The van der Waals surface area contributed by atoms with Crippen LogP contribution in [0.4, 0.5) is 0 Å². The number of aryl methyl sites for hydroxylation is 2. The molecule has 19 heavy (non-hydrogen) atoms. The van der Waals surface area contributed by atoms with Gasteiger partial charge >= 0.3 is 5.97 Å². The zero-order valence-corrected chi connectivity index (χ0v) is 10.8. The Labute approximate surface area is 110 Å². The van der Waals surface area contributed by atoms with E-state index >= 15 is 0 Å². The highest BCUT2D eigenvalue weighted by atomic mass is 16.4. The third-order valence-electron chi connectivity index (χ3n) is 3.31. The number of carboxylic acids is 1. The number of para-hydroxylation sites is 1. The van der Waals surface area contributed by atoms with Crippen molar-refractivity contribution in [2.24, 2.45) is 0 Å². The lowest BCUT2D eigenvalue weighted by molar-refractivity contribution is 0.0699. The van der Waals surface area contributed by atoms with Crippen LogP contribution in [0.3, 0.4) is 0 Å². The van der Waals surface area contributed by atoms with Crippen molar-refractivity contribution in [3.8, 4) is 0 Å². The average molecular weight is 251 g/mol. The molecule has 0 unspecified atom stereocenters. The van der Waals surface area contributed by atoms with Gasteiger partial charge < -0.3 is 5.11 Å². The van der Waals surface area contributed by atoms with Crippen molar-refractivity contribution >= 4 is 27.8 Å². The Morgan fingerprint density at radius 2 is 1.84 bits per heavy atom. The number of benzene rings is 2. The maximum atomic E-state index is 11.3. The van der Waals surface area contributed by atoms with Gasteiger partial charge in [-0.15, -0.1) is 0 Å². The molecular formula is C16H13NO2. The van der Waals surface area contributed by atoms with Gasteiger partial charge in [-0.3, -0.25) is 0 Å². The van der Waals surface area contributed by atoms with Crippen molar-refractivity contribution in [1.82, 2.24) is 4.98 Å². The highest BCUT2D eigenvalue weighted by molar-refractivity contribution is 6.05. The number of nitrogens with zero attached hydrogens (tertiary/aromatic N) is 1. The summed E-state index contributed by atoms with van der Waals surface area (Å²) in [6.07, 6.45) is 0. The number of pyridine rings is 1. The third kappa shape index (κ3) is 1.83. The van der Waals surface area contributed by atoms with E-state index in [-0.39, 0.29) is 5.56 Å². The number of aromatic carboxylic acids is 1. The fourth-order valence-electron chi connectivity index (χ4n) is 2.51. The number of fused-ring (bicyclic) bond motifs is 2. The molecule has 3 aromatic rings. The largest absolute Gasteiger partial charge is 0.478 e. The Balaban J connectivity index is 2.49. The predicted molar refractivity (Wildman–Crippen MR) is 75.7 cm³/mol. The maximum Gasteiger partial charge on any atom is 0.337 e. The Bertz CT molecular complexity index is 822. The van der Waals surface area contributed by atoms with Crippen LogP contribution < -0.4 is 0 Å². The summed E-state index contributed by atoms with van der Waals surface area (Å²) in [5.41, 5.74) is 3.92. The van der Waals surface area contributed by atoms with Gasteiger partial charge in [0, 0.05) is 10.8 Å². The molecule has 0 atom stereocenters. The highest BCUT2D eigenvalue weighted by Crippen LogP contribution is 2.25. The van der Waals surface area contributed by atoms with E-state index in [9.17, 15) is 9.90 Å². The van der Waals surface area contributed by atoms with E-state index in [4.69, 9.17) is 0 Å². The first-order valence-electron chi connectivity index (χ1n) is 6.10. The van der Waals surface area contributed by atoms with E-state index in [0.717, 1.165) is 21.9 Å². The Morgan fingerprint density at radius 1 is 1.05 bits per heavy atom. The number of aromatic nitrogens is 1.